The van der Waals surface area contributed by atoms with E-state index in [0.717, 1.165) is 5.69 Å². The van der Waals surface area contributed by atoms with E-state index in [9.17, 15) is 4.79 Å². The van der Waals surface area contributed by atoms with Gasteiger partial charge in [0.1, 0.15) is 5.75 Å². The topological polar surface area (TPSA) is 50.4 Å². The molecule has 23 heavy (non-hydrogen) atoms. The largest absolute Gasteiger partial charge is 0.495 e. The summed E-state index contributed by atoms with van der Waals surface area (Å²) >= 11 is 5.95. The van der Waals surface area contributed by atoms with Crippen LogP contribution >= 0.6 is 11.6 Å². The van der Waals surface area contributed by atoms with Crippen molar-refractivity contribution in [3.05, 3.63) is 52.5 Å². The van der Waals surface area contributed by atoms with Crippen LogP contribution in [-0.4, -0.2) is 19.6 Å². The van der Waals surface area contributed by atoms with Gasteiger partial charge in [0.25, 0.3) is 0 Å². The molecule has 1 amide bonds. The van der Waals surface area contributed by atoms with E-state index >= 15 is 0 Å². The normalized spacial score (nSPS) is 10.3. The second kappa shape index (κ2) is 7.88. The van der Waals surface area contributed by atoms with Crippen molar-refractivity contribution in [1.82, 2.24) is 0 Å². The van der Waals surface area contributed by atoms with Gasteiger partial charge in [-0.2, -0.15) is 0 Å². The molecule has 4 nitrogen and oxygen atoms in total. The van der Waals surface area contributed by atoms with Crippen LogP contribution in [0, 0.1) is 13.8 Å². The van der Waals surface area contributed by atoms with E-state index in [1.807, 2.05) is 12.1 Å². The SMILES string of the molecule is COc1ccc(Cl)cc1NC(=O)CCNc1cccc(C)c1C. The Hall–Kier alpha value is -2.20. The average Bonchev–Trinajstić information content (AvgIpc) is 2.52. The number of amides is 1. The lowest BCUT2D eigenvalue weighted by atomic mass is 10.1. The summed E-state index contributed by atoms with van der Waals surface area (Å²) in [6.07, 6.45) is 0.350. The molecule has 2 rings (SSSR count). The number of halogens is 1. The Balaban J connectivity index is 1.91. The number of hydrogen-bond donors (Lipinski definition) is 2. The average molecular weight is 333 g/mol. The fraction of sp³-hybridized carbons (Fsp3) is 0.278. The molecule has 0 saturated carbocycles. The highest BCUT2D eigenvalue weighted by atomic mass is 35.5. The van der Waals surface area contributed by atoms with Crippen LogP contribution in [0.5, 0.6) is 5.75 Å². The second-order valence-electron chi connectivity index (χ2n) is 5.32. The molecule has 0 unspecified atom stereocenters. The maximum absolute atomic E-state index is 12.1. The monoisotopic (exact) mass is 332 g/mol. The van der Waals surface area contributed by atoms with Crippen molar-refractivity contribution in [2.75, 3.05) is 24.3 Å². The van der Waals surface area contributed by atoms with Crippen molar-refractivity contribution in [1.29, 1.82) is 0 Å². The summed E-state index contributed by atoms with van der Waals surface area (Å²) in [6.45, 7) is 4.69. The van der Waals surface area contributed by atoms with Crippen molar-refractivity contribution >= 4 is 28.9 Å². The minimum atomic E-state index is -0.0941. The van der Waals surface area contributed by atoms with Crippen LogP contribution in [-0.2, 0) is 4.79 Å². The predicted molar refractivity (Wildman–Crippen MR) is 95.7 cm³/mol. The Bertz CT molecular complexity index is 701. The van der Waals surface area contributed by atoms with Gasteiger partial charge in [-0.1, -0.05) is 23.7 Å². The van der Waals surface area contributed by atoms with Gasteiger partial charge < -0.3 is 15.4 Å². The molecule has 0 fully saturated rings. The summed E-state index contributed by atoms with van der Waals surface area (Å²) in [7, 11) is 1.56. The quantitative estimate of drug-likeness (QED) is 0.824. The molecule has 5 heteroatoms. The van der Waals surface area contributed by atoms with Crippen molar-refractivity contribution in [2.24, 2.45) is 0 Å². The Kier molecular flexibility index (Phi) is 5.88. The van der Waals surface area contributed by atoms with Gasteiger partial charge in [-0.25, -0.2) is 0 Å². The van der Waals surface area contributed by atoms with Crippen molar-refractivity contribution in [2.45, 2.75) is 20.3 Å². The van der Waals surface area contributed by atoms with Crippen LogP contribution in [0.3, 0.4) is 0 Å². The number of benzene rings is 2. The third-order valence-electron chi connectivity index (χ3n) is 3.71. The molecule has 0 heterocycles. The first kappa shape index (κ1) is 17.2. The fourth-order valence-electron chi connectivity index (χ4n) is 2.24. The highest BCUT2D eigenvalue weighted by Crippen LogP contribution is 2.27. The number of ether oxygens (including phenoxy) is 1. The molecule has 0 aromatic heterocycles. The van der Waals surface area contributed by atoms with Gasteiger partial charge in [-0.3, -0.25) is 4.79 Å². The second-order valence-corrected chi connectivity index (χ2v) is 5.75. The number of hydrogen-bond acceptors (Lipinski definition) is 3. The van der Waals surface area contributed by atoms with E-state index in [1.54, 1.807) is 25.3 Å². The van der Waals surface area contributed by atoms with Crippen LogP contribution in [0.1, 0.15) is 17.5 Å². The molecule has 0 aliphatic carbocycles. The van der Waals surface area contributed by atoms with E-state index < -0.39 is 0 Å². The van der Waals surface area contributed by atoms with Crippen LogP contribution in [0.15, 0.2) is 36.4 Å². The van der Waals surface area contributed by atoms with Crippen molar-refractivity contribution < 1.29 is 9.53 Å². The molecule has 2 aromatic rings. The lowest BCUT2D eigenvalue weighted by Crippen LogP contribution is -2.17. The van der Waals surface area contributed by atoms with E-state index in [1.165, 1.54) is 11.1 Å². The van der Waals surface area contributed by atoms with Gasteiger partial charge in [0, 0.05) is 23.7 Å². The molecular weight excluding hydrogens is 312 g/mol. The Morgan fingerprint density at radius 3 is 2.70 bits per heavy atom. The van der Waals surface area contributed by atoms with Gasteiger partial charge in [0.2, 0.25) is 5.91 Å². The third kappa shape index (κ3) is 4.63. The first-order chi connectivity index (χ1) is 11.0. The molecule has 0 radical (unpaired) electrons. The molecule has 0 saturated heterocycles. The number of anilines is 2. The van der Waals surface area contributed by atoms with E-state index in [2.05, 4.69) is 30.5 Å². The molecule has 2 N–H and O–H groups in total. The number of nitrogens with one attached hydrogen (secondary N) is 2. The van der Waals surface area contributed by atoms with Gasteiger partial charge in [-0.15, -0.1) is 0 Å². The number of carbonyl (C=O) groups excluding carboxylic acids is 1. The zero-order valence-corrected chi connectivity index (χ0v) is 14.3. The number of carbonyl (C=O) groups is 1. The van der Waals surface area contributed by atoms with Crippen LogP contribution < -0.4 is 15.4 Å². The molecule has 0 aliphatic heterocycles. The van der Waals surface area contributed by atoms with E-state index in [-0.39, 0.29) is 5.91 Å². The molecule has 2 aromatic carbocycles. The fourth-order valence-corrected chi connectivity index (χ4v) is 2.42. The minimum Gasteiger partial charge on any atom is -0.495 e. The molecule has 0 atom stereocenters. The van der Waals surface area contributed by atoms with Crippen molar-refractivity contribution in [3.63, 3.8) is 0 Å². The van der Waals surface area contributed by atoms with Gasteiger partial charge in [-0.05, 0) is 49.2 Å². The Labute approximate surface area is 141 Å². The van der Waals surface area contributed by atoms with Gasteiger partial charge in [0.15, 0.2) is 0 Å². The highest BCUT2D eigenvalue weighted by molar-refractivity contribution is 6.31. The predicted octanol–water partition coefficient (Wildman–Crippen LogP) is 4.41. The maximum atomic E-state index is 12.1. The maximum Gasteiger partial charge on any atom is 0.226 e. The molecule has 122 valence electrons. The Morgan fingerprint density at radius 1 is 1.17 bits per heavy atom. The van der Waals surface area contributed by atoms with Crippen LogP contribution in [0.2, 0.25) is 5.02 Å². The lowest BCUT2D eigenvalue weighted by molar-refractivity contribution is -0.116. The zero-order valence-electron chi connectivity index (χ0n) is 13.6. The highest BCUT2D eigenvalue weighted by Gasteiger charge is 2.08. The van der Waals surface area contributed by atoms with Crippen LogP contribution in [0.25, 0.3) is 0 Å². The van der Waals surface area contributed by atoms with Crippen LogP contribution in [0.4, 0.5) is 11.4 Å². The molecule has 0 aliphatic rings. The first-order valence-corrected chi connectivity index (χ1v) is 7.82. The smallest absolute Gasteiger partial charge is 0.226 e. The first-order valence-electron chi connectivity index (χ1n) is 7.44. The molecule has 0 bridgehead atoms. The summed E-state index contributed by atoms with van der Waals surface area (Å²) in [4.78, 5) is 12.1. The number of aryl methyl sites for hydroxylation is 1. The lowest BCUT2D eigenvalue weighted by Gasteiger charge is -2.13. The summed E-state index contributed by atoms with van der Waals surface area (Å²) in [5.74, 6) is 0.494. The standard InChI is InChI=1S/C18H21ClN2O2/c1-12-5-4-6-15(13(12)2)20-10-9-18(22)21-16-11-14(19)7-8-17(16)23-3/h4-8,11,20H,9-10H2,1-3H3,(H,21,22). The summed E-state index contributed by atoms with van der Waals surface area (Å²) in [5.41, 5.74) is 4.06. The summed E-state index contributed by atoms with van der Waals surface area (Å²) < 4.78 is 5.21. The third-order valence-corrected chi connectivity index (χ3v) is 3.94. The summed E-state index contributed by atoms with van der Waals surface area (Å²) in [5, 5.41) is 6.67. The van der Waals surface area contributed by atoms with E-state index in [0.29, 0.717) is 29.4 Å². The number of methoxy groups -OCH3 is 1. The summed E-state index contributed by atoms with van der Waals surface area (Å²) in [6, 6.07) is 11.2. The Morgan fingerprint density at radius 2 is 1.96 bits per heavy atom. The van der Waals surface area contributed by atoms with Gasteiger partial charge in [0.05, 0.1) is 12.8 Å². The van der Waals surface area contributed by atoms with Crippen molar-refractivity contribution in [3.8, 4) is 5.75 Å². The number of rotatable bonds is 6. The molecular formula is C18H21ClN2O2. The van der Waals surface area contributed by atoms with Gasteiger partial charge >= 0.3 is 0 Å². The van der Waals surface area contributed by atoms with E-state index in [4.69, 9.17) is 16.3 Å². The minimum absolute atomic E-state index is 0.0941. The molecule has 0 spiro atoms. The zero-order chi connectivity index (χ0) is 16.8.